The number of benzene rings is 1. The van der Waals surface area contributed by atoms with Crippen molar-refractivity contribution in [1.29, 1.82) is 0 Å². The molecule has 1 heterocycles. The Morgan fingerprint density at radius 1 is 1.29 bits per heavy atom. The molecule has 3 nitrogen and oxygen atoms in total. The topological polar surface area (TPSA) is 49.9 Å². The van der Waals surface area contributed by atoms with E-state index in [1.165, 1.54) is 0 Å². The lowest BCUT2D eigenvalue weighted by Gasteiger charge is -2.05. The van der Waals surface area contributed by atoms with Crippen LogP contribution in [-0.4, -0.2) is 18.7 Å². The van der Waals surface area contributed by atoms with Gasteiger partial charge in [-0.15, -0.1) is 0 Å². The van der Waals surface area contributed by atoms with Crippen molar-refractivity contribution in [3.63, 3.8) is 0 Å². The molecule has 5 heteroatoms. The summed E-state index contributed by atoms with van der Waals surface area (Å²) in [5, 5.41) is 0.675. The SMILES string of the molecule is CC(C)S(=O)(=O)Cc1cc2cc(Br)ccc2[nH]1. The first kappa shape index (κ1) is 12.6. The third-order valence-electron chi connectivity index (χ3n) is 2.71. The zero-order valence-corrected chi connectivity index (χ0v) is 12.1. The number of H-pyrrole nitrogens is 1. The van der Waals surface area contributed by atoms with Gasteiger partial charge in [0, 0.05) is 21.1 Å². The van der Waals surface area contributed by atoms with Gasteiger partial charge in [-0.05, 0) is 38.1 Å². The molecule has 17 heavy (non-hydrogen) atoms. The molecule has 0 atom stereocenters. The Bertz CT molecular complexity index is 644. The first-order valence-corrected chi connectivity index (χ1v) is 7.88. The Morgan fingerprint density at radius 2 is 2.00 bits per heavy atom. The number of hydrogen-bond donors (Lipinski definition) is 1. The largest absolute Gasteiger partial charge is 0.358 e. The molecular formula is C12H14BrNO2S. The van der Waals surface area contributed by atoms with Crippen LogP contribution in [0.1, 0.15) is 19.5 Å². The highest BCUT2D eigenvalue weighted by atomic mass is 79.9. The van der Waals surface area contributed by atoms with Crippen molar-refractivity contribution in [1.82, 2.24) is 4.98 Å². The molecule has 1 N–H and O–H groups in total. The summed E-state index contributed by atoms with van der Waals surface area (Å²) < 4.78 is 24.6. The van der Waals surface area contributed by atoms with Gasteiger partial charge in [-0.3, -0.25) is 0 Å². The van der Waals surface area contributed by atoms with Crippen molar-refractivity contribution in [3.05, 3.63) is 34.4 Å². The van der Waals surface area contributed by atoms with Gasteiger partial charge in [-0.2, -0.15) is 0 Å². The van der Waals surface area contributed by atoms with Crippen molar-refractivity contribution in [2.45, 2.75) is 24.9 Å². The molecule has 2 aromatic rings. The molecule has 92 valence electrons. The van der Waals surface area contributed by atoms with E-state index in [1.807, 2.05) is 24.3 Å². The van der Waals surface area contributed by atoms with Gasteiger partial charge < -0.3 is 4.98 Å². The highest BCUT2D eigenvalue weighted by molar-refractivity contribution is 9.10. The summed E-state index contributed by atoms with van der Waals surface area (Å²) in [4.78, 5) is 3.13. The molecule has 0 aliphatic rings. The Balaban J connectivity index is 2.38. The Morgan fingerprint density at radius 3 is 2.65 bits per heavy atom. The predicted molar refractivity (Wildman–Crippen MR) is 73.8 cm³/mol. The molecule has 1 aromatic carbocycles. The summed E-state index contributed by atoms with van der Waals surface area (Å²) in [6.45, 7) is 3.41. The fraction of sp³-hybridized carbons (Fsp3) is 0.333. The van der Waals surface area contributed by atoms with E-state index in [2.05, 4.69) is 20.9 Å². The summed E-state index contributed by atoms with van der Waals surface area (Å²) in [6, 6.07) is 7.72. The predicted octanol–water partition coefficient (Wildman–Crippen LogP) is 3.25. The van der Waals surface area contributed by atoms with Crippen LogP contribution in [0.2, 0.25) is 0 Å². The molecule has 0 spiro atoms. The summed E-state index contributed by atoms with van der Waals surface area (Å²) in [7, 11) is -3.05. The molecule has 0 radical (unpaired) electrons. The lowest BCUT2D eigenvalue weighted by molar-refractivity contribution is 0.586. The first-order chi connectivity index (χ1) is 7.88. The van der Waals surface area contributed by atoms with Crippen LogP contribution < -0.4 is 0 Å². The molecular weight excluding hydrogens is 302 g/mol. The third kappa shape index (κ3) is 2.72. The monoisotopic (exact) mass is 315 g/mol. The van der Waals surface area contributed by atoms with Crippen LogP contribution in [0, 0.1) is 0 Å². The molecule has 0 saturated heterocycles. The van der Waals surface area contributed by atoms with E-state index in [1.54, 1.807) is 13.8 Å². The molecule has 1 aromatic heterocycles. The summed E-state index contributed by atoms with van der Waals surface area (Å²) in [5.74, 6) is 0.0664. The molecule has 0 saturated carbocycles. The minimum atomic E-state index is -3.05. The minimum absolute atomic E-state index is 0.0664. The van der Waals surface area contributed by atoms with Crippen LogP contribution >= 0.6 is 15.9 Å². The number of hydrogen-bond acceptors (Lipinski definition) is 2. The summed E-state index contributed by atoms with van der Waals surface area (Å²) >= 11 is 3.39. The van der Waals surface area contributed by atoms with Crippen molar-refractivity contribution >= 4 is 36.7 Å². The molecule has 0 bridgehead atoms. The number of nitrogens with one attached hydrogen (secondary N) is 1. The van der Waals surface area contributed by atoms with E-state index in [0.29, 0.717) is 0 Å². The molecule has 2 rings (SSSR count). The number of aromatic nitrogens is 1. The molecule has 0 aliphatic carbocycles. The van der Waals surface area contributed by atoms with Crippen LogP contribution in [-0.2, 0) is 15.6 Å². The first-order valence-electron chi connectivity index (χ1n) is 5.37. The van der Waals surface area contributed by atoms with Crippen LogP contribution in [0.5, 0.6) is 0 Å². The van der Waals surface area contributed by atoms with Crippen molar-refractivity contribution in [2.24, 2.45) is 0 Å². The number of rotatable bonds is 3. The average Bonchev–Trinajstić information content (AvgIpc) is 2.57. The van der Waals surface area contributed by atoms with Crippen LogP contribution in [0.15, 0.2) is 28.7 Å². The fourth-order valence-corrected chi connectivity index (χ4v) is 2.93. The van der Waals surface area contributed by atoms with Crippen molar-refractivity contribution in [3.8, 4) is 0 Å². The Kier molecular flexibility index (Phi) is 3.32. The van der Waals surface area contributed by atoms with Gasteiger partial charge in [0.15, 0.2) is 9.84 Å². The van der Waals surface area contributed by atoms with Gasteiger partial charge in [-0.1, -0.05) is 15.9 Å². The maximum Gasteiger partial charge on any atom is 0.158 e. The van der Waals surface area contributed by atoms with Gasteiger partial charge in [0.1, 0.15) is 0 Å². The van der Waals surface area contributed by atoms with Crippen molar-refractivity contribution < 1.29 is 8.42 Å². The fourth-order valence-electron chi connectivity index (χ4n) is 1.62. The minimum Gasteiger partial charge on any atom is -0.358 e. The van der Waals surface area contributed by atoms with Crippen LogP contribution in [0.3, 0.4) is 0 Å². The third-order valence-corrected chi connectivity index (χ3v) is 5.36. The van der Waals surface area contributed by atoms with Gasteiger partial charge in [0.05, 0.1) is 11.0 Å². The Labute approximate surface area is 109 Å². The van der Waals surface area contributed by atoms with Gasteiger partial charge >= 0.3 is 0 Å². The van der Waals surface area contributed by atoms with Crippen LogP contribution in [0.25, 0.3) is 10.9 Å². The second-order valence-corrected chi connectivity index (χ2v) is 7.85. The van der Waals surface area contributed by atoms with Crippen LogP contribution in [0.4, 0.5) is 0 Å². The van der Waals surface area contributed by atoms with E-state index >= 15 is 0 Å². The zero-order valence-electron chi connectivity index (χ0n) is 9.70. The number of fused-ring (bicyclic) bond motifs is 1. The molecule has 0 unspecified atom stereocenters. The second kappa shape index (κ2) is 4.46. The van der Waals surface area contributed by atoms with E-state index in [0.717, 1.165) is 21.1 Å². The Hall–Kier alpha value is -0.810. The normalized spacial score (nSPS) is 12.5. The second-order valence-electron chi connectivity index (χ2n) is 4.38. The van der Waals surface area contributed by atoms with E-state index in [4.69, 9.17) is 0 Å². The maximum absolute atomic E-state index is 11.8. The van der Waals surface area contributed by atoms with Gasteiger partial charge in [0.2, 0.25) is 0 Å². The van der Waals surface area contributed by atoms with E-state index in [-0.39, 0.29) is 11.0 Å². The standard InChI is InChI=1S/C12H14BrNO2S/c1-8(2)17(15,16)7-11-6-9-5-10(13)3-4-12(9)14-11/h3-6,8,14H,7H2,1-2H3. The van der Waals surface area contributed by atoms with E-state index < -0.39 is 9.84 Å². The number of halogens is 1. The summed E-state index contributed by atoms with van der Waals surface area (Å²) in [5.41, 5.74) is 1.70. The highest BCUT2D eigenvalue weighted by Crippen LogP contribution is 2.22. The maximum atomic E-state index is 11.8. The van der Waals surface area contributed by atoms with Gasteiger partial charge in [-0.25, -0.2) is 8.42 Å². The average molecular weight is 316 g/mol. The van der Waals surface area contributed by atoms with E-state index in [9.17, 15) is 8.42 Å². The molecule has 0 amide bonds. The smallest absolute Gasteiger partial charge is 0.158 e. The number of aromatic amines is 1. The highest BCUT2D eigenvalue weighted by Gasteiger charge is 2.17. The number of sulfone groups is 1. The molecule has 0 aliphatic heterocycles. The lowest BCUT2D eigenvalue weighted by atomic mass is 10.2. The van der Waals surface area contributed by atoms with Crippen molar-refractivity contribution in [2.75, 3.05) is 0 Å². The lowest BCUT2D eigenvalue weighted by Crippen LogP contribution is -2.16. The molecule has 0 fully saturated rings. The summed E-state index contributed by atoms with van der Waals surface area (Å²) in [6.07, 6.45) is 0. The quantitative estimate of drug-likeness (QED) is 0.945. The van der Waals surface area contributed by atoms with Gasteiger partial charge in [0.25, 0.3) is 0 Å². The zero-order chi connectivity index (χ0) is 12.6.